The summed E-state index contributed by atoms with van der Waals surface area (Å²) in [6, 6.07) is 12.2. The molecule has 0 aliphatic heterocycles. The fourth-order valence-corrected chi connectivity index (χ4v) is 1.90. The van der Waals surface area contributed by atoms with Crippen molar-refractivity contribution in [1.82, 2.24) is 5.32 Å². The molecule has 3 nitrogen and oxygen atoms in total. The van der Waals surface area contributed by atoms with E-state index in [0.29, 0.717) is 12.2 Å². The van der Waals surface area contributed by atoms with Gasteiger partial charge in [-0.3, -0.25) is 0 Å². The third kappa shape index (κ3) is 4.92. The van der Waals surface area contributed by atoms with Gasteiger partial charge in [-0.05, 0) is 42.0 Å². The Hall–Kier alpha value is -2.28. The molecule has 2 rings (SSSR count). The quantitative estimate of drug-likeness (QED) is 0.816. The highest BCUT2D eigenvalue weighted by Gasteiger charge is 2.09. The van der Waals surface area contributed by atoms with Gasteiger partial charge < -0.3 is 15.4 Å². The number of nitrogens with one attached hydrogen (secondary N) is 2. The second-order valence-corrected chi connectivity index (χ2v) is 4.72. The summed E-state index contributed by atoms with van der Waals surface area (Å²) in [4.78, 5) is 0. The van der Waals surface area contributed by atoms with Crippen LogP contribution in [0.3, 0.4) is 0 Å². The van der Waals surface area contributed by atoms with E-state index in [9.17, 15) is 13.2 Å². The molecule has 0 bridgehead atoms. The smallest absolute Gasteiger partial charge is 0.387 e. The van der Waals surface area contributed by atoms with E-state index in [1.54, 1.807) is 30.3 Å². The van der Waals surface area contributed by atoms with Crippen molar-refractivity contribution in [1.29, 1.82) is 0 Å². The molecule has 0 atom stereocenters. The van der Waals surface area contributed by atoms with Crippen molar-refractivity contribution in [2.24, 2.45) is 0 Å². The average Bonchev–Trinajstić information content (AvgIpc) is 2.48. The Kier molecular flexibility index (Phi) is 5.60. The predicted molar refractivity (Wildman–Crippen MR) is 82.5 cm³/mol. The second-order valence-electron chi connectivity index (χ2n) is 4.31. The predicted octanol–water partition coefficient (Wildman–Crippen LogP) is 3.91. The number of ether oxygens (including phenoxy) is 1. The van der Waals surface area contributed by atoms with E-state index in [1.165, 1.54) is 18.2 Å². The zero-order chi connectivity index (χ0) is 15.9. The number of hydrogen-bond acceptors (Lipinski definition) is 2. The fourth-order valence-electron chi connectivity index (χ4n) is 1.72. The van der Waals surface area contributed by atoms with E-state index in [1.807, 2.05) is 0 Å². The number of para-hydroxylation sites is 2. The summed E-state index contributed by atoms with van der Waals surface area (Å²) >= 11 is 5.09. The molecule has 2 N–H and O–H groups in total. The van der Waals surface area contributed by atoms with Gasteiger partial charge in [-0.25, -0.2) is 4.39 Å². The molecule has 0 aromatic heterocycles. The first-order valence-electron chi connectivity index (χ1n) is 6.38. The van der Waals surface area contributed by atoms with E-state index in [-0.39, 0.29) is 16.7 Å². The zero-order valence-electron chi connectivity index (χ0n) is 11.4. The summed E-state index contributed by atoms with van der Waals surface area (Å²) < 4.78 is 41.8. The van der Waals surface area contributed by atoms with E-state index in [2.05, 4.69) is 15.4 Å². The lowest BCUT2D eigenvalue weighted by molar-refractivity contribution is -0.0493. The minimum Gasteiger partial charge on any atom is -0.433 e. The molecule has 0 aliphatic rings. The zero-order valence-corrected chi connectivity index (χ0v) is 12.2. The van der Waals surface area contributed by atoms with Crippen LogP contribution in [0.15, 0.2) is 48.5 Å². The van der Waals surface area contributed by atoms with Crippen LogP contribution in [-0.2, 0) is 6.54 Å². The monoisotopic (exact) mass is 326 g/mol. The standard InChI is InChI=1S/C15H13F3N2OS/c16-11-7-5-10(6-8-11)9-19-15(22)20-12-3-1-2-4-13(12)21-14(17)18/h1-8,14H,9H2,(H2,19,20,22). The van der Waals surface area contributed by atoms with E-state index in [4.69, 9.17) is 12.2 Å². The molecule has 0 saturated carbocycles. The van der Waals surface area contributed by atoms with Crippen molar-refractivity contribution in [3.63, 3.8) is 0 Å². The Bertz CT molecular complexity index is 635. The van der Waals surface area contributed by atoms with Crippen molar-refractivity contribution in [3.8, 4) is 5.75 Å². The van der Waals surface area contributed by atoms with Gasteiger partial charge in [0.2, 0.25) is 0 Å². The van der Waals surface area contributed by atoms with Crippen molar-refractivity contribution in [2.45, 2.75) is 13.2 Å². The number of benzene rings is 2. The first-order chi connectivity index (χ1) is 10.5. The number of hydrogen-bond donors (Lipinski definition) is 2. The third-order valence-electron chi connectivity index (χ3n) is 2.72. The molecular weight excluding hydrogens is 313 g/mol. The highest BCUT2D eigenvalue weighted by Crippen LogP contribution is 2.25. The van der Waals surface area contributed by atoms with Gasteiger partial charge in [0.15, 0.2) is 5.11 Å². The maximum Gasteiger partial charge on any atom is 0.387 e. The molecule has 0 saturated heterocycles. The minimum atomic E-state index is -2.91. The maximum atomic E-state index is 12.8. The first-order valence-corrected chi connectivity index (χ1v) is 6.78. The largest absolute Gasteiger partial charge is 0.433 e. The molecule has 0 heterocycles. The Morgan fingerprint density at radius 3 is 2.45 bits per heavy atom. The van der Waals surface area contributed by atoms with Gasteiger partial charge in [-0.15, -0.1) is 0 Å². The SMILES string of the molecule is Fc1ccc(CNC(=S)Nc2ccccc2OC(F)F)cc1. The van der Waals surface area contributed by atoms with Crippen LogP contribution in [0.4, 0.5) is 18.9 Å². The fraction of sp³-hybridized carbons (Fsp3) is 0.133. The van der Waals surface area contributed by atoms with Crippen LogP contribution in [0.5, 0.6) is 5.75 Å². The highest BCUT2D eigenvalue weighted by atomic mass is 32.1. The number of anilines is 1. The lowest BCUT2D eigenvalue weighted by Gasteiger charge is -2.14. The molecular formula is C15H13F3N2OS. The topological polar surface area (TPSA) is 33.3 Å². The normalized spacial score (nSPS) is 10.4. The summed E-state index contributed by atoms with van der Waals surface area (Å²) in [5.41, 5.74) is 1.17. The van der Waals surface area contributed by atoms with Gasteiger partial charge in [0.05, 0.1) is 5.69 Å². The summed E-state index contributed by atoms with van der Waals surface area (Å²) in [6.45, 7) is -2.53. The summed E-state index contributed by atoms with van der Waals surface area (Å²) in [5.74, 6) is -0.314. The van der Waals surface area contributed by atoms with Crippen LogP contribution in [-0.4, -0.2) is 11.7 Å². The highest BCUT2D eigenvalue weighted by molar-refractivity contribution is 7.80. The van der Waals surface area contributed by atoms with Crippen LogP contribution in [0.25, 0.3) is 0 Å². The third-order valence-corrected chi connectivity index (χ3v) is 2.96. The summed E-state index contributed by atoms with van der Waals surface area (Å²) in [6.07, 6.45) is 0. The summed E-state index contributed by atoms with van der Waals surface area (Å²) in [7, 11) is 0. The van der Waals surface area contributed by atoms with Crippen molar-refractivity contribution in [3.05, 3.63) is 59.9 Å². The van der Waals surface area contributed by atoms with Gasteiger partial charge in [0.25, 0.3) is 0 Å². The second kappa shape index (κ2) is 7.65. The van der Waals surface area contributed by atoms with Gasteiger partial charge >= 0.3 is 6.61 Å². The van der Waals surface area contributed by atoms with Crippen LogP contribution in [0.2, 0.25) is 0 Å². The molecule has 0 amide bonds. The van der Waals surface area contributed by atoms with E-state index >= 15 is 0 Å². The molecule has 0 aliphatic carbocycles. The molecule has 22 heavy (non-hydrogen) atoms. The number of rotatable bonds is 5. The Morgan fingerprint density at radius 1 is 1.09 bits per heavy atom. The first kappa shape index (κ1) is 16.1. The van der Waals surface area contributed by atoms with E-state index < -0.39 is 6.61 Å². The van der Waals surface area contributed by atoms with Crippen LogP contribution >= 0.6 is 12.2 Å². The van der Waals surface area contributed by atoms with Crippen molar-refractivity contribution in [2.75, 3.05) is 5.32 Å². The van der Waals surface area contributed by atoms with Crippen LogP contribution < -0.4 is 15.4 Å². The molecule has 116 valence electrons. The van der Waals surface area contributed by atoms with Crippen molar-refractivity contribution < 1.29 is 17.9 Å². The number of alkyl halides is 2. The van der Waals surface area contributed by atoms with Crippen LogP contribution in [0.1, 0.15) is 5.56 Å². The Morgan fingerprint density at radius 2 is 1.77 bits per heavy atom. The van der Waals surface area contributed by atoms with Gasteiger partial charge in [0.1, 0.15) is 11.6 Å². The lowest BCUT2D eigenvalue weighted by Crippen LogP contribution is -2.28. The average molecular weight is 326 g/mol. The molecule has 2 aromatic carbocycles. The van der Waals surface area contributed by atoms with Gasteiger partial charge in [-0.1, -0.05) is 24.3 Å². The Labute approximate surface area is 131 Å². The Balaban J connectivity index is 1.93. The van der Waals surface area contributed by atoms with Gasteiger partial charge in [-0.2, -0.15) is 8.78 Å². The number of halogens is 3. The number of thiocarbonyl (C=S) groups is 1. The van der Waals surface area contributed by atoms with E-state index in [0.717, 1.165) is 5.56 Å². The molecule has 0 fully saturated rings. The van der Waals surface area contributed by atoms with Crippen molar-refractivity contribution >= 4 is 23.0 Å². The van der Waals surface area contributed by atoms with Gasteiger partial charge in [0, 0.05) is 6.54 Å². The lowest BCUT2D eigenvalue weighted by atomic mass is 10.2. The molecule has 7 heteroatoms. The summed E-state index contributed by atoms with van der Waals surface area (Å²) in [5, 5.41) is 5.93. The maximum absolute atomic E-state index is 12.8. The minimum absolute atomic E-state index is 0.00318. The molecule has 0 unspecified atom stereocenters. The van der Waals surface area contributed by atoms with Crippen LogP contribution in [0, 0.1) is 5.82 Å². The molecule has 0 spiro atoms. The molecule has 0 radical (unpaired) electrons. The molecule has 2 aromatic rings.